The van der Waals surface area contributed by atoms with Crippen molar-refractivity contribution in [2.75, 3.05) is 20.8 Å². The zero-order chi connectivity index (χ0) is 48.3. The van der Waals surface area contributed by atoms with Crippen LogP contribution in [0.15, 0.2) is 36.0 Å². The van der Waals surface area contributed by atoms with Gasteiger partial charge in [0.15, 0.2) is 0 Å². The number of rotatable bonds is 9. The maximum Gasteiger partial charge on any atom is 0.329 e. The molecule has 2 bridgehead atoms. The number of Topliss-reactive ketones (excluding diaryl/α,β-unsaturated/α-hetero) is 2. The number of cyclic esters (lactones) is 1. The lowest BCUT2D eigenvalue weighted by molar-refractivity contribution is -0.302. The topological polar surface area (TPSA) is 208 Å². The molecule has 3 fully saturated rings. The lowest BCUT2D eigenvalue weighted by Crippen LogP contribution is -2.64. The number of piperidine rings is 1. The third-order valence-electron chi connectivity index (χ3n) is 13.5. The normalized spacial score (nSPS) is 36.2. The molecular formula is C49H73NO15. The predicted molar refractivity (Wildman–Crippen MR) is 236 cm³/mol. The predicted octanol–water partition coefficient (Wildman–Crippen LogP) is 5.70. The highest BCUT2D eigenvalue weighted by Gasteiger charge is 2.56. The van der Waals surface area contributed by atoms with Crippen LogP contribution in [0.4, 0.5) is 0 Å². The van der Waals surface area contributed by atoms with Crippen LogP contribution in [0.3, 0.4) is 0 Å². The Labute approximate surface area is 384 Å². The second-order valence-electron chi connectivity index (χ2n) is 18.8. The van der Waals surface area contributed by atoms with Crippen LogP contribution in [0.5, 0.6) is 0 Å². The van der Waals surface area contributed by atoms with Crippen LogP contribution in [0.2, 0.25) is 0 Å². The maximum atomic E-state index is 14.6. The monoisotopic (exact) mass is 915 g/mol. The summed E-state index contributed by atoms with van der Waals surface area (Å²) < 4.78 is 41.4. The largest absolute Gasteiger partial charge is 0.462 e. The van der Waals surface area contributed by atoms with Crippen molar-refractivity contribution in [3.8, 4) is 0 Å². The number of amides is 1. The average molecular weight is 916 g/mol. The number of nitrogens with zero attached hydrogens (tertiary/aromatic N) is 1. The highest BCUT2D eigenvalue weighted by atomic mass is 16.7. The number of carbonyl (C=O) groups is 7. The maximum absolute atomic E-state index is 14.6. The first kappa shape index (κ1) is 53.4. The van der Waals surface area contributed by atoms with E-state index in [1.807, 2.05) is 26.0 Å². The SMILES string of the molecule is C=CCC1C=C(C)CC(C)CC(OC)C2OC(O)(C(=O)C(=O)N3CCCCC3C(=O)OC(C(C)=CC3CCC(OC(C)=O)C(OC(C)=O)C3)C(C)C(OC(C)=O)CC1=O)C(C)CC2OC. The molecule has 1 amide bonds. The fraction of sp³-hybridized carbons (Fsp3) is 0.735. The van der Waals surface area contributed by atoms with Crippen LogP contribution in [-0.2, 0) is 66.7 Å². The molecular weight excluding hydrogens is 843 g/mol. The van der Waals surface area contributed by atoms with Crippen LogP contribution >= 0.6 is 0 Å². The van der Waals surface area contributed by atoms with Crippen molar-refractivity contribution >= 4 is 41.4 Å². The number of fused-ring (bicyclic) bond motifs is 3. The summed E-state index contributed by atoms with van der Waals surface area (Å²) >= 11 is 0. The molecule has 4 rings (SSSR count). The molecule has 0 aromatic carbocycles. The number of aliphatic hydroxyl groups is 1. The highest BCUT2D eigenvalue weighted by Crippen LogP contribution is 2.39. The molecule has 14 unspecified atom stereocenters. The molecule has 2 saturated heterocycles. The van der Waals surface area contributed by atoms with Crippen LogP contribution in [0, 0.1) is 29.6 Å². The summed E-state index contributed by atoms with van der Waals surface area (Å²) in [5.41, 5.74) is 1.45. The quantitative estimate of drug-likeness (QED) is 0.127. The van der Waals surface area contributed by atoms with Gasteiger partial charge in [-0.15, -0.1) is 6.58 Å². The summed E-state index contributed by atoms with van der Waals surface area (Å²) in [7, 11) is 3.01. The van der Waals surface area contributed by atoms with Crippen molar-refractivity contribution in [3.63, 3.8) is 0 Å². The van der Waals surface area contributed by atoms with Gasteiger partial charge in [0.1, 0.15) is 42.3 Å². The second-order valence-corrected chi connectivity index (χ2v) is 18.8. The minimum Gasteiger partial charge on any atom is -0.462 e. The molecule has 1 saturated carbocycles. The zero-order valence-corrected chi connectivity index (χ0v) is 40.0. The fourth-order valence-electron chi connectivity index (χ4n) is 10.2. The van der Waals surface area contributed by atoms with Gasteiger partial charge >= 0.3 is 23.9 Å². The third-order valence-corrected chi connectivity index (χ3v) is 13.5. The summed E-state index contributed by atoms with van der Waals surface area (Å²) in [5.74, 6) is -10.2. The smallest absolute Gasteiger partial charge is 0.329 e. The molecule has 364 valence electrons. The molecule has 3 heterocycles. The third kappa shape index (κ3) is 13.9. The van der Waals surface area contributed by atoms with Crippen molar-refractivity contribution < 1.29 is 71.8 Å². The molecule has 0 spiro atoms. The Balaban J connectivity index is 1.84. The Morgan fingerprint density at radius 1 is 0.831 bits per heavy atom. The first-order valence-corrected chi connectivity index (χ1v) is 23.2. The Morgan fingerprint density at radius 3 is 2.06 bits per heavy atom. The summed E-state index contributed by atoms with van der Waals surface area (Å²) in [4.78, 5) is 95.6. The summed E-state index contributed by atoms with van der Waals surface area (Å²) in [5, 5.41) is 12.1. The Bertz CT molecular complexity index is 1810. The second kappa shape index (κ2) is 24.0. The lowest BCUT2D eigenvalue weighted by atomic mass is 9.81. The Kier molecular flexibility index (Phi) is 19.7. The van der Waals surface area contributed by atoms with Gasteiger partial charge in [-0.2, -0.15) is 0 Å². The number of carbonyl (C=O) groups excluding carboxylic acids is 7. The Hall–Kier alpha value is -4.25. The first-order valence-electron chi connectivity index (χ1n) is 23.2. The minimum absolute atomic E-state index is 0.0247. The van der Waals surface area contributed by atoms with Crippen molar-refractivity contribution in [3.05, 3.63) is 36.0 Å². The number of allylic oxidation sites excluding steroid dienone is 4. The molecule has 65 heavy (non-hydrogen) atoms. The standard InChI is InChI=1S/C49H73NO15/c1-12-15-36-21-27(2)20-28(3)22-42(59-10)45-43(60-11)24-30(5)49(58,65-45)46(55)47(56)50-19-14-13-16-37(50)48(57)64-44(31(6)40(26-38(36)54)62-33(8)52)29(4)23-35-17-18-39(61-32(7)51)41(25-35)63-34(9)53/h12,21,23,28,30-31,35-37,39-45,58H,1,13-20,22,24-26H2,2-11H3. The molecule has 0 radical (unpaired) electrons. The summed E-state index contributed by atoms with van der Waals surface area (Å²) in [6.45, 7) is 16.7. The summed E-state index contributed by atoms with van der Waals surface area (Å²) in [6.07, 6.45) is 3.22. The van der Waals surface area contributed by atoms with Crippen molar-refractivity contribution in [1.82, 2.24) is 4.90 Å². The minimum atomic E-state index is -2.57. The average Bonchev–Trinajstić information content (AvgIpc) is 3.24. The van der Waals surface area contributed by atoms with Gasteiger partial charge in [0.05, 0.1) is 12.2 Å². The van der Waals surface area contributed by atoms with Crippen LogP contribution in [-0.4, -0.2) is 127 Å². The molecule has 16 nitrogen and oxygen atoms in total. The number of methoxy groups -OCH3 is 2. The number of ether oxygens (including phenoxy) is 7. The molecule has 1 aliphatic carbocycles. The van der Waals surface area contributed by atoms with Crippen LogP contribution in [0.1, 0.15) is 126 Å². The van der Waals surface area contributed by atoms with Gasteiger partial charge in [0.2, 0.25) is 5.79 Å². The van der Waals surface area contributed by atoms with Gasteiger partial charge in [0, 0.05) is 65.7 Å². The number of ketones is 2. The molecule has 3 aliphatic heterocycles. The van der Waals surface area contributed by atoms with Crippen LogP contribution < -0.4 is 0 Å². The van der Waals surface area contributed by atoms with Gasteiger partial charge in [-0.1, -0.05) is 44.6 Å². The molecule has 16 heteroatoms. The van der Waals surface area contributed by atoms with Crippen molar-refractivity contribution in [2.45, 2.75) is 181 Å². The highest BCUT2D eigenvalue weighted by molar-refractivity contribution is 6.39. The number of esters is 4. The molecule has 0 aromatic heterocycles. The van der Waals surface area contributed by atoms with E-state index in [9.17, 15) is 38.7 Å². The van der Waals surface area contributed by atoms with E-state index in [0.29, 0.717) is 50.5 Å². The van der Waals surface area contributed by atoms with Gasteiger partial charge in [-0.3, -0.25) is 28.8 Å². The lowest BCUT2D eigenvalue weighted by Gasteiger charge is -2.47. The van der Waals surface area contributed by atoms with E-state index in [1.54, 1.807) is 26.8 Å². The molecule has 0 aromatic rings. The van der Waals surface area contributed by atoms with E-state index in [0.717, 1.165) is 10.5 Å². The zero-order valence-electron chi connectivity index (χ0n) is 40.0. The van der Waals surface area contributed by atoms with E-state index in [4.69, 9.17) is 33.2 Å². The number of hydrogen-bond donors (Lipinski definition) is 1. The van der Waals surface area contributed by atoms with Crippen molar-refractivity contribution in [2.24, 2.45) is 29.6 Å². The van der Waals surface area contributed by atoms with E-state index in [2.05, 4.69) is 6.58 Å². The van der Waals surface area contributed by atoms with E-state index in [1.165, 1.54) is 35.0 Å². The van der Waals surface area contributed by atoms with Gasteiger partial charge < -0.3 is 43.2 Å². The van der Waals surface area contributed by atoms with E-state index < -0.39 is 108 Å². The van der Waals surface area contributed by atoms with E-state index in [-0.39, 0.29) is 49.8 Å². The fourth-order valence-corrected chi connectivity index (χ4v) is 10.2. The van der Waals surface area contributed by atoms with Gasteiger partial charge in [-0.25, -0.2) is 4.79 Å². The Morgan fingerprint density at radius 2 is 1.45 bits per heavy atom. The van der Waals surface area contributed by atoms with Gasteiger partial charge in [-0.05, 0) is 95.5 Å². The van der Waals surface area contributed by atoms with Gasteiger partial charge in [0.25, 0.3) is 11.7 Å². The summed E-state index contributed by atoms with van der Waals surface area (Å²) in [6, 6.07) is -1.24. The molecule has 4 aliphatic rings. The number of hydrogen-bond acceptors (Lipinski definition) is 15. The van der Waals surface area contributed by atoms with Crippen LogP contribution in [0.25, 0.3) is 0 Å². The molecule has 1 N–H and O–H groups in total. The van der Waals surface area contributed by atoms with E-state index >= 15 is 0 Å². The first-order chi connectivity index (χ1) is 30.6. The molecule has 14 atom stereocenters. The van der Waals surface area contributed by atoms with Crippen molar-refractivity contribution in [1.29, 1.82) is 0 Å².